The number of nitrogens with two attached hydrogens (primary N) is 1. The summed E-state index contributed by atoms with van der Waals surface area (Å²) in [6.07, 6.45) is 1.38. The van der Waals surface area contributed by atoms with E-state index in [1.807, 2.05) is 0 Å². The highest BCUT2D eigenvalue weighted by atomic mass is 16.6. The topological polar surface area (TPSA) is 117 Å². The molecule has 0 radical (unpaired) electrons. The van der Waals surface area contributed by atoms with E-state index in [1.165, 1.54) is 25.4 Å². The van der Waals surface area contributed by atoms with Gasteiger partial charge in [-0.2, -0.15) is 5.10 Å². The third-order valence-electron chi connectivity index (χ3n) is 2.25. The summed E-state index contributed by atoms with van der Waals surface area (Å²) in [5.74, 6) is 0.185. The van der Waals surface area contributed by atoms with Crippen molar-refractivity contribution < 1.29 is 9.66 Å². The highest BCUT2D eigenvalue weighted by molar-refractivity contribution is 5.65. The summed E-state index contributed by atoms with van der Waals surface area (Å²) in [6, 6.07) is 4.48. The van der Waals surface area contributed by atoms with Crippen LogP contribution in [0.3, 0.4) is 0 Å². The zero-order chi connectivity index (χ0) is 13.1. The number of nitrogen functional groups attached to an aromatic ring is 1. The molecule has 92 valence electrons. The van der Waals surface area contributed by atoms with E-state index in [9.17, 15) is 10.1 Å². The van der Waals surface area contributed by atoms with E-state index in [2.05, 4.69) is 15.2 Å². The first-order valence-electron chi connectivity index (χ1n) is 4.90. The standard InChI is InChI=1S/C10H9N5O3/c1-18-9-3-2-6(4-8(9)15(16)17)7-5-12-14-10(11)13-7/h2-5H,1H3,(H2,11,13,14). The van der Waals surface area contributed by atoms with E-state index >= 15 is 0 Å². The van der Waals surface area contributed by atoms with Crippen molar-refractivity contribution in [2.75, 3.05) is 12.8 Å². The molecule has 0 atom stereocenters. The Kier molecular flexibility index (Phi) is 3.00. The lowest BCUT2D eigenvalue weighted by molar-refractivity contribution is -0.385. The van der Waals surface area contributed by atoms with Gasteiger partial charge in [-0.1, -0.05) is 0 Å². The van der Waals surface area contributed by atoms with Crippen LogP contribution in [-0.2, 0) is 0 Å². The number of nitrogens with zero attached hydrogens (tertiary/aromatic N) is 4. The molecular formula is C10H9N5O3. The molecule has 0 unspecified atom stereocenters. The fourth-order valence-corrected chi connectivity index (χ4v) is 1.45. The molecular weight excluding hydrogens is 238 g/mol. The molecule has 8 heteroatoms. The summed E-state index contributed by atoms with van der Waals surface area (Å²) < 4.78 is 4.91. The first-order chi connectivity index (χ1) is 8.61. The SMILES string of the molecule is COc1ccc(-c2cnnc(N)n2)cc1[N+](=O)[O-]. The van der Waals surface area contributed by atoms with Gasteiger partial charge >= 0.3 is 5.69 Å². The molecule has 0 bridgehead atoms. The maximum atomic E-state index is 10.9. The van der Waals surface area contributed by atoms with Crippen molar-refractivity contribution in [3.8, 4) is 17.0 Å². The van der Waals surface area contributed by atoms with Crippen LogP contribution in [0.1, 0.15) is 0 Å². The summed E-state index contributed by atoms with van der Waals surface area (Å²) >= 11 is 0. The van der Waals surface area contributed by atoms with E-state index in [4.69, 9.17) is 10.5 Å². The Balaban J connectivity index is 2.53. The molecule has 0 amide bonds. The monoisotopic (exact) mass is 247 g/mol. The molecule has 0 fully saturated rings. The Morgan fingerprint density at radius 2 is 2.22 bits per heavy atom. The van der Waals surface area contributed by atoms with Crippen LogP contribution in [0.5, 0.6) is 5.75 Å². The maximum absolute atomic E-state index is 10.9. The van der Waals surface area contributed by atoms with E-state index in [-0.39, 0.29) is 17.4 Å². The molecule has 0 saturated carbocycles. The van der Waals surface area contributed by atoms with Gasteiger partial charge in [0.25, 0.3) is 0 Å². The lowest BCUT2D eigenvalue weighted by atomic mass is 10.1. The van der Waals surface area contributed by atoms with Crippen molar-refractivity contribution in [1.82, 2.24) is 15.2 Å². The summed E-state index contributed by atoms with van der Waals surface area (Å²) in [5, 5.41) is 18.0. The van der Waals surface area contributed by atoms with Gasteiger partial charge < -0.3 is 10.5 Å². The number of hydrogen-bond acceptors (Lipinski definition) is 7. The zero-order valence-corrected chi connectivity index (χ0v) is 9.40. The summed E-state index contributed by atoms with van der Waals surface area (Å²) in [5.41, 5.74) is 6.19. The Bertz CT molecular complexity index is 602. The van der Waals surface area contributed by atoms with Crippen molar-refractivity contribution >= 4 is 11.6 Å². The number of aromatic nitrogens is 3. The average Bonchev–Trinajstić information content (AvgIpc) is 2.38. The normalized spacial score (nSPS) is 10.1. The molecule has 18 heavy (non-hydrogen) atoms. The quantitative estimate of drug-likeness (QED) is 0.635. The molecule has 0 saturated heterocycles. The zero-order valence-electron chi connectivity index (χ0n) is 9.40. The van der Waals surface area contributed by atoms with Gasteiger partial charge in [-0.3, -0.25) is 10.1 Å². The van der Waals surface area contributed by atoms with Gasteiger partial charge in [-0.25, -0.2) is 4.98 Å². The molecule has 8 nitrogen and oxygen atoms in total. The third-order valence-corrected chi connectivity index (χ3v) is 2.25. The molecule has 2 rings (SSSR count). The molecule has 0 aliphatic rings. The summed E-state index contributed by atoms with van der Waals surface area (Å²) in [6.45, 7) is 0. The minimum Gasteiger partial charge on any atom is -0.490 e. The van der Waals surface area contributed by atoms with Crippen LogP contribution in [0, 0.1) is 10.1 Å². The van der Waals surface area contributed by atoms with Gasteiger partial charge in [0.15, 0.2) is 5.75 Å². The number of rotatable bonds is 3. The highest BCUT2D eigenvalue weighted by Gasteiger charge is 2.16. The molecule has 2 N–H and O–H groups in total. The molecule has 0 aliphatic heterocycles. The van der Waals surface area contributed by atoms with Gasteiger partial charge in [-0.05, 0) is 12.1 Å². The van der Waals surface area contributed by atoms with Gasteiger partial charge in [-0.15, -0.1) is 5.10 Å². The second-order valence-corrected chi connectivity index (χ2v) is 3.34. The van der Waals surface area contributed by atoms with Crippen LogP contribution in [-0.4, -0.2) is 27.2 Å². The van der Waals surface area contributed by atoms with Crippen LogP contribution < -0.4 is 10.5 Å². The lowest BCUT2D eigenvalue weighted by Crippen LogP contribution is -1.99. The van der Waals surface area contributed by atoms with E-state index < -0.39 is 4.92 Å². The Morgan fingerprint density at radius 1 is 1.44 bits per heavy atom. The first kappa shape index (κ1) is 11.7. The fourth-order valence-electron chi connectivity index (χ4n) is 1.45. The Hall–Kier alpha value is -2.77. The second-order valence-electron chi connectivity index (χ2n) is 3.34. The van der Waals surface area contributed by atoms with E-state index in [0.717, 1.165) is 0 Å². The van der Waals surface area contributed by atoms with Crippen molar-refractivity contribution in [2.45, 2.75) is 0 Å². The molecule has 1 aromatic carbocycles. The van der Waals surface area contributed by atoms with Crippen LogP contribution in [0.15, 0.2) is 24.4 Å². The maximum Gasteiger partial charge on any atom is 0.311 e. The largest absolute Gasteiger partial charge is 0.490 e. The van der Waals surface area contributed by atoms with Gasteiger partial charge in [0, 0.05) is 11.6 Å². The average molecular weight is 247 g/mol. The fraction of sp³-hybridized carbons (Fsp3) is 0.100. The number of nitro benzene ring substituents is 1. The number of nitro groups is 1. The summed E-state index contributed by atoms with van der Waals surface area (Å²) in [7, 11) is 1.37. The minimum absolute atomic E-state index is 0.00553. The number of methoxy groups -OCH3 is 1. The van der Waals surface area contributed by atoms with Crippen LogP contribution in [0.25, 0.3) is 11.3 Å². The molecule has 0 spiro atoms. The van der Waals surface area contributed by atoms with Gasteiger partial charge in [0.1, 0.15) is 0 Å². The number of benzene rings is 1. The van der Waals surface area contributed by atoms with Crippen molar-refractivity contribution in [2.24, 2.45) is 0 Å². The highest BCUT2D eigenvalue weighted by Crippen LogP contribution is 2.31. The van der Waals surface area contributed by atoms with Crippen LogP contribution in [0.4, 0.5) is 11.6 Å². The smallest absolute Gasteiger partial charge is 0.311 e. The number of hydrogen-bond donors (Lipinski definition) is 1. The summed E-state index contributed by atoms with van der Waals surface area (Å²) in [4.78, 5) is 14.3. The first-order valence-corrected chi connectivity index (χ1v) is 4.90. The van der Waals surface area contributed by atoms with Crippen LogP contribution >= 0.6 is 0 Å². The lowest BCUT2D eigenvalue weighted by Gasteiger charge is -2.04. The van der Waals surface area contributed by atoms with Gasteiger partial charge in [0.2, 0.25) is 5.95 Å². The number of anilines is 1. The Morgan fingerprint density at radius 3 is 2.83 bits per heavy atom. The molecule has 1 heterocycles. The molecule has 1 aromatic heterocycles. The van der Waals surface area contributed by atoms with Gasteiger partial charge in [0.05, 0.1) is 23.9 Å². The predicted octanol–water partition coefficient (Wildman–Crippen LogP) is 1.04. The van der Waals surface area contributed by atoms with Crippen molar-refractivity contribution in [3.63, 3.8) is 0 Å². The van der Waals surface area contributed by atoms with E-state index in [1.54, 1.807) is 6.07 Å². The van der Waals surface area contributed by atoms with Crippen LogP contribution in [0.2, 0.25) is 0 Å². The molecule has 2 aromatic rings. The van der Waals surface area contributed by atoms with Crippen molar-refractivity contribution in [3.05, 3.63) is 34.5 Å². The molecule has 0 aliphatic carbocycles. The Labute approximate surface area is 102 Å². The predicted molar refractivity (Wildman–Crippen MR) is 62.9 cm³/mol. The number of ether oxygens (including phenoxy) is 1. The third kappa shape index (κ3) is 2.17. The second kappa shape index (κ2) is 4.62. The van der Waals surface area contributed by atoms with E-state index in [0.29, 0.717) is 11.3 Å². The minimum atomic E-state index is -0.527. The van der Waals surface area contributed by atoms with Crippen molar-refractivity contribution in [1.29, 1.82) is 0 Å².